The van der Waals surface area contributed by atoms with Gasteiger partial charge in [-0.3, -0.25) is 4.79 Å². The molecule has 1 aromatic heterocycles. The molecule has 0 aliphatic carbocycles. The summed E-state index contributed by atoms with van der Waals surface area (Å²) in [7, 11) is 3.12. The fraction of sp³-hybridized carbons (Fsp3) is 0.148. The Kier molecular flexibility index (Phi) is 7.11. The molecule has 0 fully saturated rings. The van der Waals surface area contributed by atoms with Crippen LogP contribution in [0.15, 0.2) is 78.9 Å². The Morgan fingerprint density at radius 1 is 0.914 bits per heavy atom. The van der Waals surface area contributed by atoms with Crippen molar-refractivity contribution in [3.8, 4) is 28.4 Å². The summed E-state index contributed by atoms with van der Waals surface area (Å²) in [5.74, 6) is 0.393. The number of ether oxygens (including phenoxy) is 3. The number of carbonyl (C=O) groups excluding carboxylic acids is 2. The van der Waals surface area contributed by atoms with E-state index >= 15 is 0 Å². The van der Waals surface area contributed by atoms with Crippen LogP contribution in [0.5, 0.6) is 11.5 Å². The van der Waals surface area contributed by atoms with E-state index in [1.807, 2.05) is 42.5 Å². The third-order valence-electron chi connectivity index (χ3n) is 5.26. The maximum atomic E-state index is 12.8. The predicted octanol–water partition coefficient (Wildman–Crippen LogP) is 4.99. The van der Waals surface area contributed by atoms with Crippen molar-refractivity contribution in [2.24, 2.45) is 0 Å². The number of hydrogen-bond donors (Lipinski definition) is 1. The van der Waals surface area contributed by atoms with E-state index in [9.17, 15) is 9.59 Å². The van der Waals surface area contributed by atoms with Crippen molar-refractivity contribution in [2.45, 2.75) is 6.92 Å². The standard InChI is InChI=1S/C27H25N3O5/c1-4-35-27(32)22-17-24(30(29-22)23-13-5-6-14-25(23)34-3)18-9-7-11-20(15-18)28-26(31)19-10-8-12-21(16-19)33-2/h5-17H,4H2,1-3H3,(H,28,31). The molecular formula is C27H25N3O5. The minimum atomic E-state index is -0.523. The van der Waals surface area contributed by atoms with Gasteiger partial charge in [0.1, 0.15) is 17.2 Å². The molecule has 8 heteroatoms. The molecule has 0 radical (unpaired) electrons. The van der Waals surface area contributed by atoms with E-state index in [1.165, 1.54) is 0 Å². The zero-order valence-electron chi connectivity index (χ0n) is 19.6. The van der Waals surface area contributed by atoms with Crippen LogP contribution in [-0.2, 0) is 4.74 Å². The summed E-state index contributed by atoms with van der Waals surface area (Å²) in [5.41, 5.74) is 3.25. The number of methoxy groups -OCH3 is 2. The van der Waals surface area contributed by atoms with Crippen LogP contribution < -0.4 is 14.8 Å². The summed E-state index contributed by atoms with van der Waals surface area (Å²) < 4.78 is 17.5. The lowest BCUT2D eigenvalue weighted by molar-refractivity contribution is 0.0518. The molecule has 4 rings (SSSR count). The van der Waals surface area contributed by atoms with Crippen LogP contribution in [0.2, 0.25) is 0 Å². The molecule has 35 heavy (non-hydrogen) atoms. The van der Waals surface area contributed by atoms with Gasteiger partial charge in [-0.2, -0.15) is 5.10 Å². The first kappa shape index (κ1) is 23.6. The first-order valence-corrected chi connectivity index (χ1v) is 11.0. The van der Waals surface area contributed by atoms with Gasteiger partial charge >= 0.3 is 5.97 Å². The molecule has 0 spiro atoms. The Hall–Kier alpha value is -4.59. The SMILES string of the molecule is CCOC(=O)c1cc(-c2cccc(NC(=O)c3cccc(OC)c3)c2)n(-c2ccccc2OC)n1. The lowest BCUT2D eigenvalue weighted by atomic mass is 10.1. The molecule has 0 saturated heterocycles. The van der Waals surface area contributed by atoms with Gasteiger partial charge in [0, 0.05) is 16.8 Å². The van der Waals surface area contributed by atoms with Gasteiger partial charge in [-0.1, -0.05) is 30.3 Å². The maximum Gasteiger partial charge on any atom is 0.358 e. The highest BCUT2D eigenvalue weighted by Gasteiger charge is 2.20. The van der Waals surface area contributed by atoms with Crippen LogP contribution in [0.1, 0.15) is 27.8 Å². The third-order valence-corrected chi connectivity index (χ3v) is 5.26. The maximum absolute atomic E-state index is 12.8. The van der Waals surface area contributed by atoms with Crippen molar-refractivity contribution in [3.63, 3.8) is 0 Å². The first-order valence-electron chi connectivity index (χ1n) is 11.0. The molecule has 0 saturated carbocycles. The highest BCUT2D eigenvalue weighted by Crippen LogP contribution is 2.30. The van der Waals surface area contributed by atoms with Gasteiger partial charge in [-0.15, -0.1) is 0 Å². The van der Waals surface area contributed by atoms with Crippen LogP contribution in [0.4, 0.5) is 5.69 Å². The Morgan fingerprint density at radius 2 is 1.71 bits per heavy atom. The van der Waals surface area contributed by atoms with Crippen molar-refractivity contribution < 1.29 is 23.8 Å². The molecule has 0 aliphatic rings. The van der Waals surface area contributed by atoms with Crippen molar-refractivity contribution in [1.82, 2.24) is 9.78 Å². The van der Waals surface area contributed by atoms with Crippen LogP contribution >= 0.6 is 0 Å². The van der Waals surface area contributed by atoms with Crippen LogP contribution in [-0.4, -0.2) is 42.5 Å². The number of hydrogen-bond acceptors (Lipinski definition) is 6. The lowest BCUT2D eigenvalue weighted by Crippen LogP contribution is -2.12. The Morgan fingerprint density at radius 3 is 2.49 bits per heavy atom. The molecule has 4 aromatic rings. The summed E-state index contributed by atoms with van der Waals surface area (Å²) in [6.07, 6.45) is 0. The summed E-state index contributed by atoms with van der Waals surface area (Å²) in [5, 5.41) is 7.41. The molecule has 8 nitrogen and oxygen atoms in total. The monoisotopic (exact) mass is 471 g/mol. The summed E-state index contributed by atoms with van der Waals surface area (Å²) in [6.45, 7) is 1.98. The molecule has 1 amide bonds. The van der Waals surface area contributed by atoms with Crippen LogP contribution in [0, 0.1) is 0 Å². The van der Waals surface area contributed by atoms with Crippen molar-refractivity contribution in [1.29, 1.82) is 0 Å². The molecule has 1 N–H and O–H groups in total. The Bertz CT molecular complexity index is 1360. The molecule has 0 unspecified atom stereocenters. The molecule has 3 aromatic carbocycles. The largest absolute Gasteiger partial charge is 0.497 e. The number of aromatic nitrogens is 2. The highest BCUT2D eigenvalue weighted by molar-refractivity contribution is 6.04. The number of nitrogens with one attached hydrogen (secondary N) is 1. The van der Waals surface area contributed by atoms with Crippen LogP contribution in [0.3, 0.4) is 0 Å². The number of benzene rings is 3. The summed E-state index contributed by atoms with van der Waals surface area (Å²) in [4.78, 5) is 25.3. The van der Waals surface area contributed by atoms with E-state index in [0.29, 0.717) is 34.1 Å². The zero-order chi connectivity index (χ0) is 24.8. The van der Waals surface area contributed by atoms with E-state index in [1.54, 1.807) is 62.2 Å². The zero-order valence-corrected chi connectivity index (χ0v) is 19.6. The molecule has 0 bridgehead atoms. The van der Waals surface area contributed by atoms with Crippen LogP contribution in [0.25, 0.3) is 16.9 Å². The molecule has 1 heterocycles. The highest BCUT2D eigenvalue weighted by atomic mass is 16.5. The second kappa shape index (κ2) is 10.6. The van der Waals surface area contributed by atoms with E-state index in [0.717, 1.165) is 5.56 Å². The quantitative estimate of drug-likeness (QED) is 0.364. The number of para-hydroxylation sites is 2. The van der Waals surface area contributed by atoms with E-state index < -0.39 is 5.97 Å². The number of carbonyl (C=O) groups is 2. The predicted molar refractivity (Wildman–Crippen MR) is 132 cm³/mol. The number of anilines is 1. The fourth-order valence-electron chi connectivity index (χ4n) is 3.60. The second-order valence-corrected chi connectivity index (χ2v) is 7.49. The normalized spacial score (nSPS) is 10.5. The molecular weight excluding hydrogens is 446 g/mol. The average Bonchev–Trinajstić information content (AvgIpc) is 3.34. The number of nitrogens with zero attached hydrogens (tertiary/aromatic N) is 2. The van der Waals surface area contributed by atoms with E-state index in [2.05, 4.69) is 10.4 Å². The van der Waals surface area contributed by atoms with E-state index in [-0.39, 0.29) is 18.2 Å². The fourth-order valence-corrected chi connectivity index (χ4v) is 3.60. The lowest BCUT2D eigenvalue weighted by Gasteiger charge is -2.13. The Labute approximate surface area is 203 Å². The van der Waals surface area contributed by atoms with Gasteiger partial charge in [-0.05, 0) is 55.5 Å². The molecule has 0 atom stereocenters. The second-order valence-electron chi connectivity index (χ2n) is 7.49. The van der Waals surface area contributed by atoms with Gasteiger partial charge in [0.2, 0.25) is 0 Å². The number of rotatable bonds is 8. The minimum absolute atomic E-state index is 0.165. The van der Waals surface area contributed by atoms with E-state index in [4.69, 9.17) is 14.2 Å². The number of amides is 1. The van der Waals surface area contributed by atoms with Gasteiger partial charge in [0.05, 0.1) is 26.5 Å². The smallest absolute Gasteiger partial charge is 0.358 e. The van der Waals surface area contributed by atoms with Crippen molar-refractivity contribution >= 4 is 17.6 Å². The minimum Gasteiger partial charge on any atom is -0.497 e. The Balaban J connectivity index is 1.73. The number of esters is 1. The van der Waals surface area contributed by atoms with Gasteiger partial charge in [-0.25, -0.2) is 9.48 Å². The van der Waals surface area contributed by atoms with Gasteiger partial charge in [0.15, 0.2) is 5.69 Å². The summed E-state index contributed by atoms with van der Waals surface area (Å²) in [6, 6.07) is 23.2. The molecule has 0 aliphatic heterocycles. The molecule has 178 valence electrons. The van der Waals surface area contributed by atoms with Gasteiger partial charge < -0.3 is 19.5 Å². The van der Waals surface area contributed by atoms with Gasteiger partial charge in [0.25, 0.3) is 5.91 Å². The summed E-state index contributed by atoms with van der Waals surface area (Å²) >= 11 is 0. The first-order chi connectivity index (χ1) is 17.0. The third kappa shape index (κ3) is 5.16. The average molecular weight is 472 g/mol. The van der Waals surface area contributed by atoms with Crippen molar-refractivity contribution in [3.05, 3.63) is 90.1 Å². The van der Waals surface area contributed by atoms with Crippen molar-refractivity contribution in [2.75, 3.05) is 26.1 Å². The topological polar surface area (TPSA) is 91.7 Å².